The van der Waals surface area contributed by atoms with E-state index in [-0.39, 0.29) is 17.2 Å². The number of anilines is 1. The molecule has 0 aliphatic carbocycles. The summed E-state index contributed by atoms with van der Waals surface area (Å²) in [4.78, 5) is 26.1. The predicted molar refractivity (Wildman–Crippen MR) is 81.3 cm³/mol. The molecule has 23 heavy (non-hydrogen) atoms. The number of nitrogens with zero attached hydrogens (tertiary/aromatic N) is 5. The molecule has 0 bridgehead atoms. The van der Waals surface area contributed by atoms with E-state index in [1.807, 2.05) is 11.8 Å². The van der Waals surface area contributed by atoms with Crippen LogP contribution in [0.1, 0.15) is 6.92 Å². The summed E-state index contributed by atoms with van der Waals surface area (Å²) in [6.07, 6.45) is 0. The van der Waals surface area contributed by atoms with Gasteiger partial charge < -0.3 is 15.1 Å². The summed E-state index contributed by atoms with van der Waals surface area (Å²) in [5.74, 6) is 0. The number of fused-ring (bicyclic) bond motifs is 1. The molecule has 0 atom stereocenters. The Bertz CT molecular complexity index is 737. The van der Waals surface area contributed by atoms with Crippen molar-refractivity contribution in [1.29, 1.82) is 0 Å². The van der Waals surface area contributed by atoms with Gasteiger partial charge in [0.15, 0.2) is 5.52 Å². The quantitative estimate of drug-likeness (QED) is 0.661. The minimum atomic E-state index is -0.511. The number of hydrogen-bond donors (Lipinski definition) is 1. The van der Waals surface area contributed by atoms with Crippen molar-refractivity contribution in [2.75, 3.05) is 37.6 Å². The molecule has 1 saturated heterocycles. The molecule has 1 fully saturated rings. The number of hydrogen-bond acceptors (Lipinski definition) is 7. The molecule has 0 radical (unpaired) electrons. The van der Waals surface area contributed by atoms with Gasteiger partial charge in [0.25, 0.3) is 0 Å². The highest BCUT2D eigenvalue weighted by Gasteiger charge is 2.26. The van der Waals surface area contributed by atoms with Crippen molar-refractivity contribution in [2.24, 2.45) is 0 Å². The molecule has 1 N–H and O–H groups in total. The van der Waals surface area contributed by atoms with Crippen LogP contribution in [0.5, 0.6) is 0 Å². The van der Waals surface area contributed by atoms with Crippen LogP contribution in [-0.4, -0.2) is 58.9 Å². The molecule has 2 heterocycles. The van der Waals surface area contributed by atoms with Gasteiger partial charge in [-0.05, 0) is 23.3 Å². The maximum absolute atomic E-state index is 11.8. The molecular weight excluding hydrogens is 304 g/mol. The van der Waals surface area contributed by atoms with Crippen LogP contribution in [0.2, 0.25) is 0 Å². The van der Waals surface area contributed by atoms with E-state index in [9.17, 15) is 14.9 Å². The van der Waals surface area contributed by atoms with Crippen molar-refractivity contribution >= 4 is 28.4 Å². The second-order valence-corrected chi connectivity index (χ2v) is 5.13. The van der Waals surface area contributed by atoms with Gasteiger partial charge in [0.05, 0.1) is 10.6 Å². The molecule has 2 amide bonds. The topological polar surface area (TPSA) is 118 Å². The number of aromatic nitrogens is 2. The summed E-state index contributed by atoms with van der Waals surface area (Å²) in [5.41, 5.74) is 1.10. The summed E-state index contributed by atoms with van der Waals surface area (Å²) in [7, 11) is 0. The molecule has 122 valence electrons. The minimum absolute atomic E-state index is 0.0795. The van der Waals surface area contributed by atoms with E-state index < -0.39 is 4.92 Å². The average Bonchev–Trinajstić information content (AvgIpc) is 3.03. The first kappa shape index (κ1) is 15.0. The average molecular weight is 320 g/mol. The summed E-state index contributed by atoms with van der Waals surface area (Å²) in [5, 5.41) is 21.2. The lowest BCUT2D eigenvalue weighted by Gasteiger charge is -2.35. The number of piperazine rings is 1. The number of benzene rings is 1. The SMILES string of the molecule is CCNC(=O)N1CCN(c2ccc([N+](=O)[O-])c3nonc23)CC1. The number of non-ortho nitro benzene ring substituents is 1. The lowest BCUT2D eigenvalue weighted by atomic mass is 10.2. The van der Waals surface area contributed by atoms with Gasteiger partial charge in [-0.3, -0.25) is 10.1 Å². The van der Waals surface area contributed by atoms with Crippen molar-refractivity contribution < 1.29 is 14.3 Å². The van der Waals surface area contributed by atoms with Gasteiger partial charge in [0.1, 0.15) is 0 Å². The molecule has 1 aromatic heterocycles. The summed E-state index contributed by atoms with van der Waals surface area (Å²) < 4.78 is 4.67. The smallest absolute Gasteiger partial charge is 0.317 e. The van der Waals surface area contributed by atoms with Crippen LogP contribution < -0.4 is 10.2 Å². The molecule has 1 aliphatic rings. The second kappa shape index (κ2) is 6.07. The number of carbonyl (C=O) groups is 1. The van der Waals surface area contributed by atoms with Gasteiger partial charge in [-0.25, -0.2) is 9.42 Å². The zero-order valence-corrected chi connectivity index (χ0v) is 12.6. The second-order valence-electron chi connectivity index (χ2n) is 5.13. The highest BCUT2D eigenvalue weighted by molar-refractivity contribution is 5.93. The number of nitrogens with one attached hydrogen (secondary N) is 1. The Kier molecular flexibility index (Phi) is 3.96. The zero-order valence-electron chi connectivity index (χ0n) is 12.6. The summed E-state index contributed by atoms with van der Waals surface area (Å²) in [6, 6.07) is 2.97. The fraction of sp³-hybridized carbons (Fsp3) is 0.462. The Morgan fingerprint density at radius 3 is 2.65 bits per heavy atom. The number of nitro groups is 1. The third-order valence-corrected chi connectivity index (χ3v) is 3.81. The largest absolute Gasteiger partial charge is 0.366 e. The highest BCUT2D eigenvalue weighted by Crippen LogP contribution is 2.31. The summed E-state index contributed by atoms with van der Waals surface area (Å²) in [6.45, 7) is 4.81. The van der Waals surface area contributed by atoms with Gasteiger partial charge in [-0.1, -0.05) is 0 Å². The Labute approximate surface area is 131 Å². The van der Waals surface area contributed by atoms with Gasteiger partial charge >= 0.3 is 11.7 Å². The predicted octanol–water partition coefficient (Wildman–Crippen LogP) is 0.982. The molecular formula is C13H16N6O4. The van der Waals surface area contributed by atoms with Crippen molar-refractivity contribution in [2.45, 2.75) is 6.92 Å². The molecule has 0 saturated carbocycles. The number of urea groups is 1. The first-order valence-electron chi connectivity index (χ1n) is 7.29. The van der Waals surface area contributed by atoms with Crippen molar-refractivity contribution in [3.05, 3.63) is 22.2 Å². The lowest BCUT2D eigenvalue weighted by Crippen LogP contribution is -2.51. The maximum Gasteiger partial charge on any atom is 0.317 e. The van der Waals surface area contributed by atoms with Crippen molar-refractivity contribution in [1.82, 2.24) is 20.5 Å². The number of carbonyl (C=O) groups excluding carboxylic acids is 1. The van der Waals surface area contributed by atoms with E-state index in [0.29, 0.717) is 38.2 Å². The number of nitro benzene ring substituents is 1. The fourth-order valence-electron chi connectivity index (χ4n) is 2.66. The van der Waals surface area contributed by atoms with Crippen LogP contribution in [0, 0.1) is 10.1 Å². The van der Waals surface area contributed by atoms with Crippen LogP contribution >= 0.6 is 0 Å². The van der Waals surface area contributed by atoms with E-state index in [4.69, 9.17) is 0 Å². The molecule has 10 heteroatoms. The molecule has 0 unspecified atom stereocenters. The standard InChI is InChI=1S/C13H16N6O4/c1-2-14-13(20)18-7-5-17(6-8-18)9-3-4-10(19(21)22)12-11(9)15-23-16-12/h3-4H,2,5-8H2,1H3,(H,14,20). The number of amides is 2. The molecule has 3 rings (SSSR count). The van der Waals surface area contributed by atoms with Gasteiger partial charge in [0, 0.05) is 38.8 Å². The van der Waals surface area contributed by atoms with Crippen LogP contribution in [0.3, 0.4) is 0 Å². The Morgan fingerprint density at radius 2 is 2.00 bits per heavy atom. The fourth-order valence-corrected chi connectivity index (χ4v) is 2.66. The first-order valence-corrected chi connectivity index (χ1v) is 7.29. The van der Waals surface area contributed by atoms with Crippen LogP contribution in [0.4, 0.5) is 16.2 Å². The zero-order chi connectivity index (χ0) is 16.4. The number of rotatable bonds is 3. The van der Waals surface area contributed by atoms with Crippen molar-refractivity contribution in [3.8, 4) is 0 Å². The normalized spacial score (nSPS) is 15.0. The minimum Gasteiger partial charge on any atom is -0.366 e. The van der Waals surface area contributed by atoms with Gasteiger partial charge in [0.2, 0.25) is 5.52 Å². The van der Waals surface area contributed by atoms with E-state index >= 15 is 0 Å². The Hall–Kier alpha value is -2.91. The van der Waals surface area contributed by atoms with Crippen LogP contribution in [0.25, 0.3) is 11.0 Å². The Balaban J connectivity index is 1.80. The van der Waals surface area contributed by atoms with Gasteiger partial charge in [-0.2, -0.15) is 0 Å². The van der Waals surface area contributed by atoms with E-state index in [0.717, 1.165) is 5.69 Å². The van der Waals surface area contributed by atoms with Gasteiger partial charge in [-0.15, -0.1) is 0 Å². The Morgan fingerprint density at radius 1 is 1.30 bits per heavy atom. The molecule has 0 spiro atoms. The van der Waals surface area contributed by atoms with E-state index in [1.54, 1.807) is 11.0 Å². The third kappa shape index (κ3) is 2.74. The maximum atomic E-state index is 11.8. The third-order valence-electron chi connectivity index (χ3n) is 3.81. The molecule has 1 aliphatic heterocycles. The highest BCUT2D eigenvalue weighted by atomic mass is 16.6. The first-order chi connectivity index (χ1) is 11.1. The monoisotopic (exact) mass is 320 g/mol. The van der Waals surface area contributed by atoms with Crippen LogP contribution in [-0.2, 0) is 0 Å². The molecule has 10 nitrogen and oxygen atoms in total. The molecule has 2 aromatic rings. The van der Waals surface area contributed by atoms with E-state index in [1.165, 1.54) is 6.07 Å². The van der Waals surface area contributed by atoms with Crippen molar-refractivity contribution in [3.63, 3.8) is 0 Å². The molecule has 1 aromatic carbocycles. The van der Waals surface area contributed by atoms with E-state index in [2.05, 4.69) is 20.3 Å². The van der Waals surface area contributed by atoms with Crippen LogP contribution in [0.15, 0.2) is 16.8 Å². The summed E-state index contributed by atoms with van der Waals surface area (Å²) >= 11 is 0. The lowest BCUT2D eigenvalue weighted by molar-refractivity contribution is -0.383.